The minimum atomic E-state index is -0.305. The van der Waals surface area contributed by atoms with Crippen LogP contribution < -0.4 is 5.73 Å². The average Bonchev–Trinajstić information content (AvgIpc) is 2.05. The smallest absolute Gasteiger partial charge is 0.0982 e. The van der Waals surface area contributed by atoms with Crippen LogP contribution in [-0.2, 0) is 9.47 Å². The number of aliphatic hydroxyl groups is 1. The molecule has 0 amide bonds. The highest BCUT2D eigenvalue weighted by Gasteiger charge is 2.20. The Labute approximate surface area is 59.9 Å². The molecule has 4 heteroatoms. The van der Waals surface area contributed by atoms with E-state index in [4.69, 9.17) is 20.3 Å². The fraction of sp³-hybridized carbons (Fsp3) is 1.00. The van der Waals surface area contributed by atoms with Crippen LogP contribution >= 0.6 is 0 Å². The van der Waals surface area contributed by atoms with Gasteiger partial charge < -0.3 is 20.3 Å². The molecule has 0 radical (unpaired) electrons. The molecule has 2 atom stereocenters. The highest BCUT2D eigenvalue weighted by molar-refractivity contribution is 4.73. The summed E-state index contributed by atoms with van der Waals surface area (Å²) in [6, 6.07) is -0.305. The van der Waals surface area contributed by atoms with Crippen LogP contribution in [0.1, 0.15) is 0 Å². The van der Waals surface area contributed by atoms with E-state index in [1.165, 1.54) is 0 Å². The van der Waals surface area contributed by atoms with Crippen LogP contribution in [0.25, 0.3) is 0 Å². The molecule has 10 heavy (non-hydrogen) atoms. The summed E-state index contributed by atoms with van der Waals surface area (Å²) in [6.45, 7) is 1.67. The van der Waals surface area contributed by atoms with Gasteiger partial charge >= 0.3 is 0 Å². The van der Waals surface area contributed by atoms with Gasteiger partial charge in [-0.2, -0.15) is 0 Å². The number of aliphatic hydroxyl groups excluding tert-OH is 1. The molecule has 3 N–H and O–H groups in total. The van der Waals surface area contributed by atoms with Crippen molar-refractivity contribution in [1.29, 1.82) is 0 Å². The first kappa shape index (κ1) is 7.94. The summed E-state index contributed by atoms with van der Waals surface area (Å²) in [5.74, 6) is 0. The normalized spacial score (nSPS) is 30.0. The topological polar surface area (TPSA) is 64.7 Å². The van der Waals surface area contributed by atoms with Crippen molar-refractivity contribution >= 4 is 0 Å². The molecule has 1 heterocycles. The van der Waals surface area contributed by atoms with Crippen LogP contribution in [-0.4, -0.2) is 43.7 Å². The van der Waals surface area contributed by atoms with Crippen molar-refractivity contribution in [3.05, 3.63) is 0 Å². The second-order valence-corrected chi connectivity index (χ2v) is 2.33. The average molecular weight is 147 g/mol. The molecular formula is C6H13NO3. The maximum atomic E-state index is 8.63. The highest BCUT2D eigenvalue weighted by atomic mass is 16.6. The predicted octanol–water partition coefficient (Wildman–Crippen LogP) is -1.28. The van der Waals surface area contributed by atoms with Crippen LogP contribution in [0.2, 0.25) is 0 Å². The maximum absolute atomic E-state index is 8.63. The Morgan fingerprint density at radius 1 is 1.60 bits per heavy atom. The molecule has 1 rings (SSSR count). The molecule has 1 saturated heterocycles. The molecule has 1 aliphatic heterocycles. The maximum Gasteiger partial charge on any atom is 0.0982 e. The zero-order valence-corrected chi connectivity index (χ0v) is 5.82. The van der Waals surface area contributed by atoms with Crippen LogP contribution in [0, 0.1) is 0 Å². The zero-order valence-electron chi connectivity index (χ0n) is 5.82. The van der Waals surface area contributed by atoms with E-state index in [-0.39, 0.29) is 18.8 Å². The van der Waals surface area contributed by atoms with E-state index in [1.54, 1.807) is 0 Å². The summed E-state index contributed by atoms with van der Waals surface area (Å²) in [6.07, 6.45) is -0.126. The van der Waals surface area contributed by atoms with E-state index in [2.05, 4.69) is 0 Å². The van der Waals surface area contributed by atoms with Crippen LogP contribution in [0.4, 0.5) is 0 Å². The summed E-state index contributed by atoms with van der Waals surface area (Å²) in [5.41, 5.74) is 5.49. The molecule has 4 nitrogen and oxygen atoms in total. The van der Waals surface area contributed by atoms with Crippen molar-refractivity contribution in [1.82, 2.24) is 0 Å². The number of nitrogens with two attached hydrogens (primary N) is 1. The fourth-order valence-electron chi connectivity index (χ4n) is 0.871. The monoisotopic (exact) mass is 147 g/mol. The molecule has 60 valence electrons. The van der Waals surface area contributed by atoms with Gasteiger partial charge in [0.1, 0.15) is 0 Å². The molecule has 0 aromatic carbocycles. The first-order valence-corrected chi connectivity index (χ1v) is 3.40. The summed E-state index contributed by atoms with van der Waals surface area (Å²) in [5, 5.41) is 8.63. The Morgan fingerprint density at radius 3 is 2.90 bits per heavy atom. The van der Waals surface area contributed by atoms with Crippen molar-refractivity contribution in [3.63, 3.8) is 0 Å². The number of rotatable bonds is 2. The Morgan fingerprint density at radius 2 is 2.40 bits per heavy atom. The minimum absolute atomic E-state index is 0.0476. The number of hydrogen-bond donors (Lipinski definition) is 2. The van der Waals surface area contributed by atoms with Crippen LogP contribution in [0.5, 0.6) is 0 Å². The Balaban J connectivity index is 2.24. The van der Waals surface area contributed by atoms with Gasteiger partial charge in [-0.1, -0.05) is 0 Å². The van der Waals surface area contributed by atoms with Gasteiger partial charge in [0.2, 0.25) is 0 Å². The van der Waals surface area contributed by atoms with E-state index < -0.39 is 0 Å². The van der Waals surface area contributed by atoms with E-state index in [1.807, 2.05) is 0 Å². The van der Waals surface area contributed by atoms with Crippen LogP contribution in [0.15, 0.2) is 0 Å². The molecule has 0 spiro atoms. The quantitative estimate of drug-likeness (QED) is 0.510. The lowest BCUT2D eigenvalue weighted by atomic mass is 10.2. The second-order valence-electron chi connectivity index (χ2n) is 2.33. The lowest BCUT2D eigenvalue weighted by Crippen LogP contribution is -2.45. The zero-order chi connectivity index (χ0) is 7.40. The highest BCUT2D eigenvalue weighted by Crippen LogP contribution is 2.02. The third-order valence-corrected chi connectivity index (χ3v) is 1.53. The van der Waals surface area contributed by atoms with Crippen molar-refractivity contribution < 1.29 is 14.6 Å². The lowest BCUT2D eigenvalue weighted by Gasteiger charge is -2.26. The van der Waals surface area contributed by atoms with Gasteiger partial charge in [-0.25, -0.2) is 0 Å². The lowest BCUT2D eigenvalue weighted by molar-refractivity contribution is -0.102. The van der Waals surface area contributed by atoms with Gasteiger partial charge in [-0.05, 0) is 0 Å². The first-order valence-electron chi connectivity index (χ1n) is 3.40. The van der Waals surface area contributed by atoms with Gasteiger partial charge in [0.15, 0.2) is 0 Å². The van der Waals surface area contributed by atoms with Gasteiger partial charge in [-0.3, -0.25) is 0 Å². The molecule has 0 bridgehead atoms. The van der Waals surface area contributed by atoms with E-state index in [0.717, 1.165) is 0 Å². The Bertz CT molecular complexity index is 93.0. The Kier molecular flexibility index (Phi) is 3.08. The van der Waals surface area contributed by atoms with Gasteiger partial charge in [0, 0.05) is 0 Å². The molecule has 0 saturated carbocycles. The summed E-state index contributed by atoms with van der Waals surface area (Å²) in [4.78, 5) is 0. The SMILES string of the molecule is NC(CO)[C@H]1COCCO1. The van der Waals surface area contributed by atoms with Crippen LogP contribution in [0.3, 0.4) is 0 Å². The molecule has 0 aromatic heterocycles. The largest absolute Gasteiger partial charge is 0.395 e. The van der Waals surface area contributed by atoms with Crippen molar-refractivity contribution in [2.45, 2.75) is 12.1 Å². The summed E-state index contributed by atoms with van der Waals surface area (Å²) in [7, 11) is 0. The standard InChI is InChI=1S/C6H13NO3/c7-5(3-8)6-4-9-1-2-10-6/h5-6,8H,1-4,7H2/t5?,6-/m1/s1. The summed E-state index contributed by atoms with van der Waals surface area (Å²) >= 11 is 0. The molecule has 1 unspecified atom stereocenters. The number of hydrogen-bond acceptors (Lipinski definition) is 4. The molecule has 1 aliphatic rings. The second kappa shape index (κ2) is 3.88. The third-order valence-electron chi connectivity index (χ3n) is 1.53. The number of ether oxygens (including phenoxy) is 2. The van der Waals surface area contributed by atoms with Crippen molar-refractivity contribution in [3.8, 4) is 0 Å². The predicted molar refractivity (Wildman–Crippen MR) is 35.6 cm³/mol. The van der Waals surface area contributed by atoms with E-state index in [9.17, 15) is 0 Å². The van der Waals surface area contributed by atoms with Gasteiger partial charge in [0.05, 0.1) is 38.6 Å². The molecule has 1 fully saturated rings. The van der Waals surface area contributed by atoms with Crippen molar-refractivity contribution in [2.75, 3.05) is 26.4 Å². The molecular weight excluding hydrogens is 134 g/mol. The van der Waals surface area contributed by atoms with E-state index in [0.29, 0.717) is 19.8 Å². The van der Waals surface area contributed by atoms with Crippen molar-refractivity contribution in [2.24, 2.45) is 5.73 Å². The first-order chi connectivity index (χ1) is 4.84. The third kappa shape index (κ3) is 1.91. The fourth-order valence-corrected chi connectivity index (χ4v) is 0.871. The van der Waals surface area contributed by atoms with Gasteiger partial charge in [-0.15, -0.1) is 0 Å². The Hall–Kier alpha value is -0.160. The summed E-state index contributed by atoms with van der Waals surface area (Å²) < 4.78 is 10.3. The minimum Gasteiger partial charge on any atom is -0.395 e. The molecule has 0 aromatic rings. The van der Waals surface area contributed by atoms with Gasteiger partial charge in [0.25, 0.3) is 0 Å². The van der Waals surface area contributed by atoms with E-state index >= 15 is 0 Å². The molecule has 0 aliphatic carbocycles.